The number of fused-ring (bicyclic) bond motifs is 1. The molecule has 1 N–H and O–H groups in total. The summed E-state index contributed by atoms with van der Waals surface area (Å²) < 4.78 is 32.4. The van der Waals surface area contributed by atoms with Crippen molar-refractivity contribution >= 4 is 18.3 Å². The molecule has 1 aromatic carbocycles. The molecule has 3 fully saturated rings. The second-order valence-electron chi connectivity index (χ2n) is 7.82. The van der Waals surface area contributed by atoms with Crippen LogP contribution in [-0.2, 0) is 4.79 Å². The van der Waals surface area contributed by atoms with Crippen LogP contribution in [0.25, 0.3) is 0 Å². The van der Waals surface area contributed by atoms with Gasteiger partial charge in [0.1, 0.15) is 11.9 Å². The van der Waals surface area contributed by atoms with E-state index in [0.717, 1.165) is 12.5 Å². The van der Waals surface area contributed by atoms with Crippen LogP contribution < -0.4 is 10.1 Å². The molecule has 3 unspecified atom stereocenters. The van der Waals surface area contributed by atoms with E-state index in [1.165, 1.54) is 37.8 Å². The Hall–Kier alpha value is -1.40. The Morgan fingerprint density at radius 3 is 2.56 bits per heavy atom. The smallest absolute Gasteiger partial charge is 0.239 e. The summed E-state index contributed by atoms with van der Waals surface area (Å²) in [5.74, 6) is -0.357. The summed E-state index contributed by atoms with van der Waals surface area (Å²) in [6.45, 7) is 1.25. The number of nitrogens with zero attached hydrogens (tertiary/aromatic N) is 1. The van der Waals surface area contributed by atoms with Gasteiger partial charge >= 0.3 is 0 Å². The Labute approximate surface area is 165 Å². The van der Waals surface area contributed by atoms with Crippen molar-refractivity contribution in [3.05, 3.63) is 29.8 Å². The number of benzene rings is 1. The highest BCUT2D eigenvalue weighted by Gasteiger charge is 2.40. The second kappa shape index (κ2) is 8.74. The van der Waals surface area contributed by atoms with Crippen molar-refractivity contribution in [3.8, 4) is 5.75 Å². The zero-order chi connectivity index (χ0) is 18.1. The number of piperidine rings is 1. The first-order valence-electron chi connectivity index (χ1n) is 9.76. The lowest BCUT2D eigenvalue weighted by Crippen LogP contribution is -2.49. The number of rotatable bonds is 3. The van der Waals surface area contributed by atoms with E-state index >= 15 is 0 Å². The number of hydrogen-bond donors (Lipinski definition) is 1. The Bertz CT molecular complexity index is 653. The number of amides is 1. The molecular weight excluding hydrogens is 374 g/mol. The van der Waals surface area contributed by atoms with E-state index in [9.17, 15) is 13.6 Å². The third kappa shape index (κ3) is 4.54. The van der Waals surface area contributed by atoms with Gasteiger partial charge in [-0.05, 0) is 37.3 Å². The van der Waals surface area contributed by atoms with Crippen molar-refractivity contribution in [2.75, 3.05) is 13.1 Å². The standard InChI is InChI=1S/C20H26F2N2O2.ClH/c21-14-5-6-19(16(22)12-14)26-15-7-9-24(10-8-15)20(25)18-11-13-3-1-2-4-17(13)23-18;/h5-6,12-13,15,17-18,23H,1-4,7-11H2;1H. The molecule has 3 atom stereocenters. The minimum Gasteiger partial charge on any atom is -0.487 e. The number of carbonyl (C=O) groups excluding carboxylic acids is 1. The number of likely N-dealkylation sites (tertiary alicyclic amines) is 1. The van der Waals surface area contributed by atoms with Crippen molar-refractivity contribution in [1.29, 1.82) is 0 Å². The van der Waals surface area contributed by atoms with E-state index in [4.69, 9.17) is 4.74 Å². The lowest BCUT2D eigenvalue weighted by molar-refractivity contribution is -0.135. The van der Waals surface area contributed by atoms with E-state index in [1.807, 2.05) is 4.90 Å². The van der Waals surface area contributed by atoms with Crippen molar-refractivity contribution in [2.45, 2.75) is 63.1 Å². The van der Waals surface area contributed by atoms with Crippen LogP contribution in [0.15, 0.2) is 18.2 Å². The molecule has 3 aliphatic rings. The Balaban J connectivity index is 0.00000210. The monoisotopic (exact) mass is 400 g/mol. The molecule has 27 heavy (non-hydrogen) atoms. The maximum Gasteiger partial charge on any atom is 0.239 e. The van der Waals surface area contributed by atoms with Crippen LogP contribution in [0, 0.1) is 17.6 Å². The minimum atomic E-state index is -0.679. The molecule has 0 bridgehead atoms. The second-order valence-corrected chi connectivity index (χ2v) is 7.82. The van der Waals surface area contributed by atoms with Gasteiger partial charge in [0.2, 0.25) is 5.91 Å². The molecule has 0 aromatic heterocycles. The number of nitrogens with one attached hydrogen (secondary N) is 1. The number of carbonyl (C=O) groups is 1. The minimum absolute atomic E-state index is 0. The van der Waals surface area contributed by atoms with E-state index in [2.05, 4.69) is 5.32 Å². The summed E-state index contributed by atoms with van der Waals surface area (Å²) in [6.07, 6.45) is 7.13. The first-order valence-corrected chi connectivity index (χ1v) is 9.76. The van der Waals surface area contributed by atoms with Crippen molar-refractivity contribution < 1.29 is 18.3 Å². The van der Waals surface area contributed by atoms with Crippen LogP contribution in [0.2, 0.25) is 0 Å². The lowest BCUT2D eigenvalue weighted by Gasteiger charge is -2.33. The highest BCUT2D eigenvalue weighted by molar-refractivity contribution is 5.85. The van der Waals surface area contributed by atoms with Crippen LogP contribution in [0.4, 0.5) is 8.78 Å². The van der Waals surface area contributed by atoms with Gasteiger partial charge in [0, 0.05) is 38.0 Å². The Morgan fingerprint density at radius 1 is 1.11 bits per heavy atom. The van der Waals surface area contributed by atoms with Crippen LogP contribution in [0.5, 0.6) is 5.75 Å². The topological polar surface area (TPSA) is 41.6 Å². The van der Waals surface area contributed by atoms with Gasteiger partial charge in [0.25, 0.3) is 0 Å². The normalized spacial score (nSPS) is 28.4. The fourth-order valence-electron chi connectivity index (χ4n) is 4.68. The van der Waals surface area contributed by atoms with Crippen LogP contribution >= 0.6 is 12.4 Å². The van der Waals surface area contributed by atoms with Crippen molar-refractivity contribution in [2.24, 2.45) is 5.92 Å². The van der Waals surface area contributed by atoms with Gasteiger partial charge in [0.15, 0.2) is 11.6 Å². The summed E-state index contributed by atoms with van der Waals surface area (Å²) in [5.41, 5.74) is 0. The summed E-state index contributed by atoms with van der Waals surface area (Å²) in [5, 5.41) is 3.55. The maximum absolute atomic E-state index is 13.7. The average Bonchev–Trinajstić information content (AvgIpc) is 3.08. The summed E-state index contributed by atoms with van der Waals surface area (Å²) in [7, 11) is 0. The average molecular weight is 401 g/mol. The van der Waals surface area contributed by atoms with Gasteiger partial charge < -0.3 is 15.0 Å². The van der Waals surface area contributed by atoms with Crippen molar-refractivity contribution in [1.82, 2.24) is 10.2 Å². The highest BCUT2D eigenvalue weighted by atomic mass is 35.5. The molecule has 0 spiro atoms. The third-order valence-corrected chi connectivity index (χ3v) is 6.10. The largest absolute Gasteiger partial charge is 0.487 e. The number of halogens is 3. The molecule has 0 radical (unpaired) electrons. The molecule has 7 heteroatoms. The van der Waals surface area contributed by atoms with Gasteiger partial charge in [-0.25, -0.2) is 8.78 Å². The molecule has 1 aromatic rings. The summed E-state index contributed by atoms with van der Waals surface area (Å²) in [4.78, 5) is 14.7. The molecule has 1 aliphatic carbocycles. The molecule has 4 rings (SSSR count). The van der Waals surface area contributed by atoms with E-state index in [1.54, 1.807) is 0 Å². The highest BCUT2D eigenvalue weighted by Crippen LogP contribution is 2.34. The van der Waals surface area contributed by atoms with Gasteiger partial charge in [-0.3, -0.25) is 4.79 Å². The zero-order valence-electron chi connectivity index (χ0n) is 15.3. The number of ether oxygens (including phenoxy) is 1. The zero-order valence-corrected chi connectivity index (χ0v) is 16.1. The molecule has 1 saturated carbocycles. The van der Waals surface area contributed by atoms with Gasteiger partial charge in [-0.2, -0.15) is 0 Å². The first-order chi connectivity index (χ1) is 12.6. The molecule has 150 valence electrons. The SMILES string of the molecule is Cl.O=C(C1CC2CCCCC2N1)N1CCC(Oc2ccc(F)cc2F)CC1. The summed E-state index contributed by atoms with van der Waals surface area (Å²) >= 11 is 0. The van der Waals surface area contributed by atoms with Gasteiger partial charge in [-0.15, -0.1) is 12.4 Å². The fourth-order valence-corrected chi connectivity index (χ4v) is 4.68. The van der Waals surface area contributed by atoms with E-state index < -0.39 is 11.6 Å². The van der Waals surface area contributed by atoms with Gasteiger partial charge in [0.05, 0.1) is 6.04 Å². The fraction of sp³-hybridized carbons (Fsp3) is 0.650. The maximum atomic E-state index is 13.7. The predicted octanol–water partition coefficient (Wildman–Crippen LogP) is 3.68. The quantitative estimate of drug-likeness (QED) is 0.841. The molecule has 2 aliphatic heterocycles. The van der Waals surface area contributed by atoms with Crippen molar-refractivity contribution in [3.63, 3.8) is 0 Å². The van der Waals surface area contributed by atoms with Gasteiger partial charge in [-0.1, -0.05) is 12.8 Å². The molecule has 1 amide bonds. The van der Waals surface area contributed by atoms with Crippen LogP contribution in [-0.4, -0.2) is 42.1 Å². The van der Waals surface area contributed by atoms with E-state index in [-0.39, 0.29) is 36.2 Å². The van der Waals surface area contributed by atoms with Crippen LogP contribution in [0.1, 0.15) is 44.9 Å². The third-order valence-electron chi connectivity index (χ3n) is 6.10. The molecule has 2 heterocycles. The molecular formula is C20H27ClF2N2O2. The van der Waals surface area contributed by atoms with Crippen LogP contribution in [0.3, 0.4) is 0 Å². The Kier molecular flexibility index (Phi) is 6.58. The first kappa shape index (κ1) is 20.3. The number of hydrogen-bond acceptors (Lipinski definition) is 3. The summed E-state index contributed by atoms with van der Waals surface area (Å²) in [6, 6.07) is 3.82. The molecule has 2 saturated heterocycles. The predicted molar refractivity (Wildman–Crippen MR) is 101 cm³/mol. The van der Waals surface area contributed by atoms with E-state index in [0.29, 0.717) is 37.9 Å². The Morgan fingerprint density at radius 2 is 1.85 bits per heavy atom. The lowest BCUT2D eigenvalue weighted by atomic mass is 9.85. The molecule has 4 nitrogen and oxygen atoms in total.